The third-order valence-electron chi connectivity index (χ3n) is 1.06. The topological polar surface area (TPSA) is 33.4 Å². The summed E-state index contributed by atoms with van der Waals surface area (Å²) >= 11 is 3.01. The quantitative estimate of drug-likeness (QED) is 0.808. The maximum atomic E-state index is 12.5. The van der Waals surface area contributed by atoms with Crippen LogP contribution in [0, 0.1) is 0 Å². The van der Waals surface area contributed by atoms with Crippen LogP contribution in [0.3, 0.4) is 0 Å². The van der Waals surface area contributed by atoms with Crippen LogP contribution in [0.4, 0.5) is 4.39 Å². The fraction of sp³-hybridized carbons (Fsp3) is 0.333. The molecule has 0 aliphatic carbocycles. The molecule has 56 valence electrons. The van der Waals surface area contributed by atoms with E-state index in [0.717, 1.165) is 0 Å². The van der Waals surface area contributed by atoms with Gasteiger partial charge in [-0.15, -0.1) is 0 Å². The zero-order valence-corrected chi connectivity index (χ0v) is 6.64. The molecule has 0 spiro atoms. The normalized spacial score (nSPS) is 13.5. The summed E-state index contributed by atoms with van der Waals surface area (Å²) in [5.41, 5.74) is 0. The lowest BCUT2D eigenvalue weighted by Crippen LogP contribution is -1.93. The van der Waals surface area contributed by atoms with Crippen molar-refractivity contribution in [1.29, 1.82) is 0 Å². The van der Waals surface area contributed by atoms with Gasteiger partial charge in [-0.3, -0.25) is 0 Å². The number of rotatable bonds is 2. The van der Waals surface area contributed by atoms with Crippen LogP contribution in [0.2, 0.25) is 0 Å². The molecule has 1 unspecified atom stereocenters. The fourth-order valence-corrected chi connectivity index (χ4v) is 0.906. The Kier molecular flexibility index (Phi) is 2.45. The Morgan fingerprint density at radius 2 is 2.40 bits per heavy atom. The van der Waals surface area contributed by atoms with Crippen LogP contribution in [-0.2, 0) is 0 Å². The molecular formula is C6H6BrFO2. The number of hydrogen-bond donors (Lipinski definition) is 1. The van der Waals surface area contributed by atoms with Gasteiger partial charge in [0.2, 0.25) is 0 Å². The summed E-state index contributed by atoms with van der Waals surface area (Å²) in [5.74, 6) is 0.148. The molecule has 0 saturated carbocycles. The lowest BCUT2D eigenvalue weighted by Gasteiger charge is -1.97. The maximum Gasteiger partial charge on any atom is 0.180 e. The highest BCUT2D eigenvalue weighted by Crippen LogP contribution is 2.22. The second-order valence-corrected chi connectivity index (χ2v) is 2.57. The smallest absolute Gasteiger partial charge is 0.180 e. The minimum absolute atomic E-state index is 0.148. The van der Waals surface area contributed by atoms with Gasteiger partial charge in [0.1, 0.15) is 5.76 Å². The third-order valence-corrected chi connectivity index (χ3v) is 1.49. The first-order chi connectivity index (χ1) is 4.74. The van der Waals surface area contributed by atoms with E-state index in [1.165, 1.54) is 6.07 Å². The van der Waals surface area contributed by atoms with Gasteiger partial charge < -0.3 is 9.52 Å². The molecule has 2 nitrogen and oxygen atoms in total. The van der Waals surface area contributed by atoms with Crippen molar-refractivity contribution in [1.82, 2.24) is 0 Å². The van der Waals surface area contributed by atoms with E-state index in [1.54, 1.807) is 6.07 Å². The lowest BCUT2D eigenvalue weighted by molar-refractivity contribution is 0.158. The van der Waals surface area contributed by atoms with Gasteiger partial charge in [-0.2, -0.15) is 0 Å². The van der Waals surface area contributed by atoms with Crippen LogP contribution in [-0.4, -0.2) is 11.7 Å². The summed E-state index contributed by atoms with van der Waals surface area (Å²) in [6.07, 6.45) is -1.41. The summed E-state index contributed by atoms with van der Waals surface area (Å²) < 4.78 is 17.8. The molecule has 1 aromatic rings. The van der Waals surface area contributed by atoms with Crippen molar-refractivity contribution in [3.63, 3.8) is 0 Å². The fourth-order valence-electron chi connectivity index (χ4n) is 0.587. The van der Waals surface area contributed by atoms with E-state index in [2.05, 4.69) is 15.9 Å². The minimum Gasteiger partial charge on any atom is -0.451 e. The van der Waals surface area contributed by atoms with E-state index < -0.39 is 12.8 Å². The second kappa shape index (κ2) is 3.16. The first-order valence-corrected chi connectivity index (χ1v) is 3.53. The molecule has 0 aromatic carbocycles. The Morgan fingerprint density at radius 3 is 2.80 bits per heavy atom. The molecule has 1 N–H and O–H groups in total. The third kappa shape index (κ3) is 1.58. The summed E-state index contributed by atoms with van der Waals surface area (Å²) in [6, 6.07) is 3.06. The van der Waals surface area contributed by atoms with Gasteiger partial charge in [-0.05, 0) is 28.1 Å². The zero-order chi connectivity index (χ0) is 7.56. The summed E-state index contributed by atoms with van der Waals surface area (Å²) in [4.78, 5) is 0. The van der Waals surface area contributed by atoms with Crippen LogP contribution < -0.4 is 0 Å². The zero-order valence-electron chi connectivity index (χ0n) is 5.05. The van der Waals surface area contributed by atoms with E-state index in [9.17, 15) is 4.39 Å². The van der Waals surface area contributed by atoms with Crippen molar-refractivity contribution in [3.8, 4) is 0 Å². The molecule has 0 fully saturated rings. The minimum atomic E-state index is -1.41. The van der Waals surface area contributed by atoms with Gasteiger partial charge >= 0.3 is 0 Å². The van der Waals surface area contributed by atoms with Crippen LogP contribution in [0.15, 0.2) is 21.2 Å². The predicted molar refractivity (Wildman–Crippen MR) is 37.3 cm³/mol. The number of hydrogen-bond acceptors (Lipinski definition) is 2. The van der Waals surface area contributed by atoms with Crippen molar-refractivity contribution in [2.75, 3.05) is 6.61 Å². The SMILES string of the molecule is OCC(F)c1ccc(Br)o1. The highest BCUT2D eigenvalue weighted by atomic mass is 79.9. The van der Waals surface area contributed by atoms with E-state index in [1.807, 2.05) is 0 Å². The summed E-state index contributed by atoms with van der Waals surface area (Å²) in [5, 5.41) is 8.35. The van der Waals surface area contributed by atoms with Crippen molar-refractivity contribution >= 4 is 15.9 Å². The number of furan rings is 1. The number of halogens is 2. The predicted octanol–water partition coefficient (Wildman–Crippen LogP) is 2.04. The molecule has 1 aromatic heterocycles. The van der Waals surface area contributed by atoms with Gasteiger partial charge in [0.05, 0.1) is 6.61 Å². The molecule has 0 aliphatic rings. The van der Waals surface area contributed by atoms with Gasteiger partial charge in [-0.25, -0.2) is 4.39 Å². The molecule has 0 radical (unpaired) electrons. The maximum absolute atomic E-state index is 12.5. The van der Waals surface area contributed by atoms with Gasteiger partial charge in [0.15, 0.2) is 10.8 Å². The largest absolute Gasteiger partial charge is 0.451 e. The highest BCUT2D eigenvalue weighted by Gasteiger charge is 2.11. The molecule has 0 bridgehead atoms. The second-order valence-electron chi connectivity index (χ2n) is 1.79. The Bertz CT molecular complexity index is 211. The first kappa shape index (κ1) is 7.75. The van der Waals surface area contributed by atoms with Crippen molar-refractivity contribution in [3.05, 3.63) is 22.6 Å². The average molecular weight is 209 g/mol. The molecule has 10 heavy (non-hydrogen) atoms. The molecule has 0 saturated heterocycles. The summed E-state index contributed by atoms with van der Waals surface area (Å²) in [6.45, 7) is -0.542. The molecule has 4 heteroatoms. The van der Waals surface area contributed by atoms with Crippen LogP contribution in [0.25, 0.3) is 0 Å². The molecule has 1 heterocycles. The van der Waals surface area contributed by atoms with Crippen molar-refractivity contribution in [2.45, 2.75) is 6.17 Å². The lowest BCUT2D eigenvalue weighted by atomic mass is 10.3. The molecule has 0 aliphatic heterocycles. The monoisotopic (exact) mass is 208 g/mol. The first-order valence-electron chi connectivity index (χ1n) is 2.74. The van der Waals surface area contributed by atoms with Crippen molar-refractivity contribution in [2.24, 2.45) is 0 Å². The van der Waals surface area contributed by atoms with Gasteiger partial charge in [0, 0.05) is 0 Å². The standard InChI is InChI=1S/C6H6BrFO2/c7-6-2-1-5(10-6)4(8)3-9/h1-2,4,9H,3H2. The molecule has 1 atom stereocenters. The number of alkyl halides is 1. The average Bonchev–Trinajstić information content (AvgIpc) is 2.34. The van der Waals surface area contributed by atoms with E-state index in [4.69, 9.17) is 9.52 Å². The van der Waals surface area contributed by atoms with Crippen LogP contribution >= 0.6 is 15.9 Å². The van der Waals surface area contributed by atoms with Gasteiger partial charge in [-0.1, -0.05) is 0 Å². The van der Waals surface area contributed by atoms with E-state index >= 15 is 0 Å². The number of aliphatic hydroxyl groups excluding tert-OH is 1. The Labute approximate surface area is 65.8 Å². The Hall–Kier alpha value is -0.350. The van der Waals surface area contributed by atoms with Gasteiger partial charge in [0.25, 0.3) is 0 Å². The van der Waals surface area contributed by atoms with E-state index in [-0.39, 0.29) is 5.76 Å². The Morgan fingerprint density at radius 1 is 1.70 bits per heavy atom. The molecule has 1 rings (SSSR count). The van der Waals surface area contributed by atoms with E-state index in [0.29, 0.717) is 4.67 Å². The summed E-state index contributed by atoms with van der Waals surface area (Å²) in [7, 11) is 0. The Balaban J connectivity index is 2.74. The number of aliphatic hydroxyl groups is 1. The van der Waals surface area contributed by atoms with Crippen molar-refractivity contribution < 1.29 is 13.9 Å². The molecule has 0 amide bonds. The van der Waals surface area contributed by atoms with Crippen LogP contribution in [0.1, 0.15) is 11.9 Å². The highest BCUT2D eigenvalue weighted by molar-refractivity contribution is 9.10. The van der Waals surface area contributed by atoms with Crippen LogP contribution in [0.5, 0.6) is 0 Å². The molecular weight excluding hydrogens is 203 g/mol.